The fourth-order valence-corrected chi connectivity index (χ4v) is 2.86. The third-order valence-corrected chi connectivity index (χ3v) is 4.54. The van der Waals surface area contributed by atoms with Gasteiger partial charge >= 0.3 is 5.69 Å². The number of hydrogen-bond acceptors (Lipinski definition) is 6. The number of benzene rings is 2. The summed E-state index contributed by atoms with van der Waals surface area (Å²) in [5.74, 6) is 0.740. The van der Waals surface area contributed by atoms with Gasteiger partial charge in [0.1, 0.15) is 19.5 Å². The van der Waals surface area contributed by atoms with E-state index in [4.69, 9.17) is 9.57 Å². The molecule has 8 nitrogen and oxygen atoms in total. The minimum atomic E-state index is -0.309. The zero-order chi connectivity index (χ0) is 20.3. The van der Waals surface area contributed by atoms with Crippen molar-refractivity contribution in [3.63, 3.8) is 0 Å². The van der Waals surface area contributed by atoms with Crippen molar-refractivity contribution in [2.75, 3.05) is 7.11 Å². The number of hydrogen-bond donors (Lipinski definition) is 0. The number of tetrazole rings is 1. The molecule has 0 saturated carbocycles. The van der Waals surface area contributed by atoms with E-state index in [2.05, 4.69) is 15.6 Å². The molecule has 1 aromatic heterocycles. The fourth-order valence-electron chi connectivity index (χ4n) is 2.86. The number of aromatic nitrogens is 4. The zero-order valence-electron chi connectivity index (χ0n) is 16.6. The van der Waals surface area contributed by atoms with Gasteiger partial charge in [0.25, 0.3) is 0 Å². The Morgan fingerprint density at radius 3 is 2.61 bits per heavy atom. The van der Waals surface area contributed by atoms with Gasteiger partial charge in [-0.1, -0.05) is 29.4 Å². The van der Waals surface area contributed by atoms with Crippen LogP contribution >= 0.6 is 0 Å². The number of nitrogens with zero attached hydrogens (tertiary/aromatic N) is 5. The Morgan fingerprint density at radius 2 is 1.93 bits per heavy atom. The van der Waals surface area contributed by atoms with Crippen LogP contribution < -0.4 is 10.4 Å². The molecule has 0 N–H and O–H groups in total. The van der Waals surface area contributed by atoms with E-state index in [9.17, 15) is 4.79 Å². The van der Waals surface area contributed by atoms with Crippen LogP contribution in [-0.4, -0.2) is 32.6 Å². The van der Waals surface area contributed by atoms with Gasteiger partial charge in [-0.05, 0) is 54.5 Å². The van der Waals surface area contributed by atoms with Crippen molar-refractivity contribution in [2.45, 2.75) is 27.4 Å². The van der Waals surface area contributed by atoms with Crippen molar-refractivity contribution in [3.05, 3.63) is 69.1 Å². The number of aryl methyl sites for hydroxylation is 3. The lowest BCUT2D eigenvalue weighted by atomic mass is 10.1. The lowest BCUT2D eigenvalue weighted by Crippen LogP contribution is -2.23. The molecule has 0 saturated heterocycles. The van der Waals surface area contributed by atoms with Crippen LogP contribution in [0.25, 0.3) is 5.69 Å². The number of ether oxygens (including phenoxy) is 1. The Bertz CT molecular complexity index is 1080. The summed E-state index contributed by atoms with van der Waals surface area (Å²) in [5.41, 5.74) is 4.90. The Morgan fingerprint density at radius 1 is 1.14 bits per heavy atom. The van der Waals surface area contributed by atoms with Crippen LogP contribution in [0.15, 0.2) is 46.3 Å². The SMILES string of the molecule is CON=C(C)c1ccc(C)c(OCc2c(C)cccc2-n2nnn(C)c2=O)c1. The van der Waals surface area contributed by atoms with Crippen molar-refractivity contribution >= 4 is 5.71 Å². The molecule has 1 heterocycles. The summed E-state index contributed by atoms with van der Waals surface area (Å²) in [5, 5.41) is 11.7. The van der Waals surface area contributed by atoms with E-state index in [-0.39, 0.29) is 12.3 Å². The van der Waals surface area contributed by atoms with Crippen molar-refractivity contribution in [1.82, 2.24) is 19.8 Å². The molecule has 0 radical (unpaired) electrons. The first-order valence-corrected chi connectivity index (χ1v) is 8.81. The summed E-state index contributed by atoms with van der Waals surface area (Å²) in [7, 11) is 3.08. The summed E-state index contributed by atoms with van der Waals surface area (Å²) < 4.78 is 8.59. The molecule has 8 heteroatoms. The van der Waals surface area contributed by atoms with Gasteiger partial charge in [0, 0.05) is 18.2 Å². The molecule has 0 aliphatic heterocycles. The second kappa shape index (κ2) is 8.08. The maximum atomic E-state index is 12.3. The van der Waals surface area contributed by atoms with Crippen molar-refractivity contribution in [1.29, 1.82) is 0 Å². The van der Waals surface area contributed by atoms with Crippen molar-refractivity contribution < 1.29 is 9.57 Å². The Kier molecular flexibility index (Phi) is 5.58. The summed E-state index contributed by atoms with van der Waals surface area (Å²) in [6.07, 6.45) is 0. The van der Waals surface area contributed by atoms with Crippen molar-refractivity contribution in [2.24, 2.45) is 12.2 Å². The summed E-state index contributed by atoms with van der Waals surface area (Å²) in [6.45, 7) is 6.11. The molecule has 0 spiro atoms. The monoisotopic (exact) mass is 381 g/mol. The van der Waals surface area contributed by atoms with Gasteiger partial charge in [-0.2, -0.15) is 9.36 Å². The quantitative estimate of drug-likeness (QED) is 0.484. The molecule has 0 bridgehead atoms. The van der Waals surface area contributed by atoms with Gasteiger partial charge in [0.15, 0.2) is 0 Å². The molecule has 0 fully saturated rings. The van der Waals surface area contributed by atoms with Gasteiger partial charge in [-0.25, -0.2) is 4.79 Å². The van der Waals surface area contributed by atoms with Gasteiger partial charge in [-0.3, -0.25) is 0 Å². The van der Waals surface area contributed by atoms with Crippen LogP contribution in [0.3, 0.4) is 0 Å². The second-order valence-corrected chi connectivity index (χ2v) is 6.50. The number of oxime groups is 1. The maximum absolute atomic E-state index is 12.3. The molecular formula is C20H23N5O3. The standard InChI is InChI=1S/C20H23N5O3/c1-13-7-6-8-18(25-20(26)24(4)22-23-25)17(13)12-28-19-11-16(10-9-14(19)2)15(3)21-27-5/h6-11H,12H2,1-5H3. The predicted molar refractivity (Wildman–Crippen MR) is 106 cm³/mol. The third kappa shape index (κ3) is 3.80. The maximum Gasteiger partial charge on any atom is 0.368 e. The molecule has 0 unspecified atom stereocenters. The van der Waals surface area contributed by atoms with Crippen LogP contribution in [0.1, 0.15) is 29.2 Å². The molecular weight excluding hydrogens is 358 g/mol. The van der Waals surface area contributed by atoms with Crippen LogP contribution in [0.2, 0.25) is 0 Å². The lowest BCUT2D eigenvalue weighted by molar-refractivity contribution is 0.213. The van der Waals surface area contributed by atoms with Gasteiger partial charge in [-0.15, -0.1) is 0 Å². The summed E-state index contributed by atoms with van der Waals surface area (Å²) in [4.78, 5) is 17.1. The highest BCUT2D eigenvalue weighted by atomic mass is 16.6. The van der Waals surface area contributed by atoms with Gasteiger partial charge in [0.2, 0.25) is 0 Å². The summed E-state index contributed by atoms with van der Waals surface area (Å²) in [6, 6.07) is 11.6. The average Bonchev–Trinajstić information content (AvgIpc) is 3.00. The lowest BCUT2D eigenvalue weighted by Gasteiger charge is -2.15. The second-order valence-electron chi connectivity index (χ2n) is 6.50. The van der Waals surface area contributed by atoms with E-state index < -0.39 is 0 Å². The Balaban J connectivity index is 1.94. The molecule has 3 aromatic rings. The third-order valence-electron chi connectivity index (χ3n) is 4.54. The van der Waals surface area contributed by atoms with E-state index in [0.29, 0.717) is 5.69 Å². The molecule has 28 heavy (non-hydrogen) atoms. The summed E-state index contributed by atoms with van der Waals surface area (Å²) >= 11 is 0. The minimum absolute atomic E-state index is 0.287. The molecule has 0 aliphatic carbocycles. The van der Waals surface area contributed by atoms with E-state index in [0.717, 1.165) is 33.7 Å². The first kappa shape index (κ1) is 19.3. The van der Waals surface area contributed by atoms with E-state index in [1.165, 1.54) is 16.5 Å². The van der Waals surface area contributed by atoms with Crippen LogP contribution in [-0.2, 0) is 18.5 Å². The molecule has 3 rings (SSSR count). The first-order chi connectivity index (χ1) is 13.4. The fraction of sp³-hybridized carbons (Fsp3) is 0.300. The van der Waals surface area contributed by atoms with Gasteiger partial charge < -0.3 is 9.57 Å². The van der Waals surface area contributed by atoms with Crippen LogP contribution in [0.5, 0.6) is 5.75 Å². The molecule has 2 aromatic carbocycles. The van der Waals surface area contributed by atoms with E-state index in [1.807, 2.05) is 57.2 Å². The first-order valence-electron chi connectivity index (χ1n) is 8.81. The smallest absolute Gasteiger partial charge is 0.368 e. The normalized spacial score (nSPS) is 11.5. The van der Waals surface area contributed by atoms with Crippen molar-refractivity contribution in [3.8, 4) is 11.4 Å². The highest BCUT2D eigenvalue weighted by Gasteiger charge is 2.14. The molecule has 0 atom stereocenters. The average molecular weight is 381 g/mol. The topological polar surface area (TPSA) is 83.5 Å². The van der Waals surface area contributed by atoms with Crippen LogP contribution in [0, 0.1) is 13.8 Å². The minimum Gasteiger partial charge on any atom is -0.489 e. The van der Waals surface area contributed by atoms with E-state index in [1.54, 1.807) is 7.05 Å². The largest absolute Gasteiger partial charge is 0.489 e. The highest BCUT2D eigenvalue weighted by Crippen LogP contribution is 2.24. The number of rotatable bonds is 6. The highest BCUT2D eigenvalue weighted by molar-refractivity contribution is 5.98. The molecule has 0 aliphatic rings. The Hall–Kier alpha value is -3.42. The Labute approximate surface area is 163 Å². The zero-order valence-corrected chi connectivity index (χ0v) is 16.6. The molecule has 0 amide bonds. The van der Waals surface area contributed by atoms with Gasteiger partial charge in [0.05, 0.1) is 11.4 Å². The molecule has 146 valence electrons. The van der Waals surface area contributed by atoms with E-state index >= 15 is 0 Å². The predicted octanol–water partition coefficient (Wildman–Crippen LogP) is 2.53. The van der Waals surface area contributed by atoms with Crippen LogP contribution in [0.4, 0.5) is 0 Å².